The van der Waals surface area contributed by atoms with Crippen molar-refractivity contribution in [1.29, 1.82) is 0 Å². The Kier molecular flexibility index (Phi) is 10.6. The van der Waals surface area contributed by atoms with Gasteiger partial charge in [-0.15, -0.1) is 24.0 Å². The molecule has 26 heavy (non-hydrogen) atoms. The van der Waals surface area contributed by atoms with Gasteiger partial charge >= 0.3 is 0 Å². The van der Waals surface area contributed by atoms with Crippen molar-refractivity contribution in [2.45, 2.75) is 46.0 Å². The molecule has 1 amide bonds. The van der Waals surface area contributed by atoms with Gasteiger partial charge in [-0.1, -0.05) is 31.5 Å². The van der Waals surface area contributed by atoms with Crippen molar-refractivity contribution in [3.63, 3.8) is 0 Å². The number of rotatable bonds is 8. The summed E-state index contributed by atoms with van der Waals surface area (Å²) in [4.78, 5) is 21.3. The van der Waals surface area contributed by atoms with Crippen LogP contribution in [0.5, 0.6) is 0 Å². The summed E-state index contributed by atoms with van der Waals surface area (Å²) in [6.07, 6.45) is 4.64. The first-order valence-corrected chi connectivity index (χ1v) is 9.55. The summed E-state index contributed by atoms with van der Waals surface area (Å²) >= 11 is 0. The summed E-state index contributed by atoms with van der Waals surface area (Å²) in [5.41, 5.74) is 2.37. The van der Waals surface area contributed by atoms with E-state index in [1.54, 1.807) is 0 Å². The maximum absolute atomic E-state index is 12.5. The van der Waals surface area contributed by atoms with Gasteiger partial charge in [0.05, 0.1) is 0 Å². The van der Waals surface area contributed by atoms with E-state index in [9.17, 15) is 4.79 Å². The van der Waals surface area contributed by atoms with Crippen molar-refractivity contribution in [1.82, 2.24) is 10.2 Å². The summed E-state index contributed by atoms with van der Waals surface area (Å²) in [5, 5.41) is 3.33. The summed E-state index contributed by atoms with van der Waals surface area (Å²) in [5.74, 6) is 1.15. The van der Waals surface area contributed by atoms with Crippen molar-refractivity contribution >= 4 is 41.5 Å². The Morgan fingerprint density at radius 3 is 2.77 bits per heavy atom. The Labute approximate surface area is 175 Å². The highest BCUT2D eigenvalue weighted by Crippen LogP contribution is 2.27. The number of guanidine groups is 1. The molecule has 0 bridgehead atoms. The van der Waals surface area contributed by atoms with Crippen molar-refractivity contribution in [3.8, 4) is 0 Å². The average Bonchev–Trinajstić information content (AvgIpc) is 3.06. The molecule has 0 fully saturated rings. The lowest BCUT2D eigenvalue weighted by Crippen LogP contribution is -2.39. The minimum atomic E-state index is 0. The molecule has 5 nitrogen and oxygen atoms in total. The number of anilines is 1. The van der Waals surface area contributed by atoms with Crippen LogP contribution in [-0.4, -0.2) is 50.0 Å². The number of nitrogens with one attached hydrogen (secondary N) is 1. The molecule has 1 aromatic carbocycles. The molecule has 0 radical (unpaired) electrons. The number of hydrogen-bond acceptors (Lipinski definition) is 2. The van der Waals surface area contributed by atoms with Crippen LogP contribution in [-0.2, 0) is 11.2 Å². The minimum Gasteiger partial charge on any atom is -0.357 e. The van der Waals surface area contributed by atoms with Gasteiger partial charge in [-0.3, -0.25) is 9.79 Å². The Bertz CT molecular complexity index is 591. The van der Waals surface area contributed by atoms with Gasteiger partial charge in [0, 0.05) is 45.3 Å². The lowest BCUT2D eigenvalue weighted by Gasteiger charge is -2.22. The molecule has 1 aromatic rings. The predicted molar refractivity (Wildman–Crippen MR) is 121 cm³/mol. The predicted octanol–water partition coefficient (Wildman–Crippen LogP) is 3.67. The number of carbonyl (C=O) groups excluding carboxylic acids is 1. The van der Waals surface area contributed by atoms with Crippen molar-refractivity contribution in [2.75, 3.05) is 38.1 Å². The number of para-hydroxylation sites is 1. The maximum atomic E-state index is 12.5. The molecule has 2 rings (SSSR count). The van der Waals surface area contributed by atoms with Gasteiger partial charge < -0.3 is 15.1 Å². The standard InChI is InChI=1S/C20H32N4O.HI/c1-4-6-15-23(3)20(21-5-2)22-14-9-12-19(25)24-16-13-17-10-7-8-11-18(17)24;/h7-8,10-11H,4-6,9,12-16H2,1-3H3,(H,21,22);1H. The lowest BCUT2D eigenvalue weighted by molar-refractivity contribution is -0.118. The topological polar surface area (TPSA) is 47.9 Å². The van der Waals surface area contributed by atoms with Gasteiger partial charge in [-0.25, -0.2) is 0 Å². The van der Waals surface area contributed by atoms with Crippen LogP contribution >= 0.6 is 24.0 Å². The monoisotopic (exact) mass is 472 g/mol. The molecule has 146 valence electrons. The number of nitrogens with zero attached hydrogens (tertiary/aromatic N) is 3. The molecular weight excluding hydrogens is 439 g/mol. The highest BCUT2D eigenvalue weighted by Gasteiger charge is 2.23. The zero-order valence-corrected chi connectivity index (χ0v) is 18.7. The SMILES string of the molecule is CCCCN(C)C(=NCCCC(=O)N1CCc2ccccc21)NCC.I. The van der Waals surface area contributed by atoms with Crippen LogP contribution in [0.25, 0.3) is 0 Å². The van der Waals surface area contributed by atoms with E-state index in [2.05, 4.69) is 42.2 Å². The molecule has 1 aliphatic heterocycles. The van der Waals surface area contributed by atoms with E-state index in [0.717, 1.165) is 50.5 Å². The number of amides is 1. The molecule has 0 spiro atoms. The Balaban J connectivity index is 0.00000338. The van der Waals surface area contributed by atoms with Crippen LogP contribution in [0.3, 0.4) is 0 Å². The normalized spacial score (nSPS) is 13.2. The van der Waals surface area contributed by atoms with E-state index in [1.165, 1.54) is 12.0 Å². The average molecular weight is 472 g/mol. The van der Waals surface area contributed by atoms with Gasteiger partial charge in [0.2, 0.25) is 5.91 Å². The fourth-order valence-electron chi connectivity index (χ4n) is 3.12. The molecular formula is C20H33IN4O. The van der Waals surface area contributed by atoms with Gasteiger partial charge in [0.1, 0.15) is 0 Å². The smallest absolute Gasteiger partial charge is 0.227 e. The lowest BCUT2D eigenvalue weighted by atomic mass is 10.2. The molecule has 1 aliphatic rings. The number of hydrogen-bond donors (Lipinski definition) is 1. The van der Waals surface area contributed by atoms with Gasteiger partial charge in [0.15, 0.2) is 5.96 Å². The van der Waals surface area contributed by atoms with E-state index in [4.69, 9.17) is 0 Å². The van der Waals surface area contributed by atoms with Crippen LogP contribution in [0.15, 0.2) is 29.3 Å². The maximum Gasteiger partial charge on any atom is 0.227 e. The number of halogens is 1. The molecule has 0 saturated carbocycles. The van der Waals surface area contributed by atoms with Crippen LogP contribution in [0.1, 0.15) is 45.1 Å². The third kappa shape index (κ3) is 6.45. The molecule has 0 saturated heterocycles. The van der Waals surface area contributed by atoms with E-state index >= 15 is 0 Å². The number of carbonyl (C=O) groups is 1. The second-order valence-electron chi connectivity index (χ2n) is 6.54. The minimum absolute atomic E-state index is 0. The quantitative estimate of drug-likeness (QED) is 0.272. The molecule has 0 unspecified atom stereocenters. The highest BCUT2D eigenvalue weighted by atomic mass is 127. The first-order valence-electron chi connectivity index (χ1n) is 9.55. The highest BCUT2D eigenvalue weighted by molar-refractivity contribution is 14.0. The Morgan fingerprint density at radius 1 is 1.27 bits per heavy atom. The largest absolute Gasteiger partial charge is 0.357 e. The van der Waals surface area contributed by atoms with Crippen molar-refractivity contribution < 1.29 is 4.79 Å². The molecule has 6 heteroatoms. The number of aliphatic imine (C=N–C) groups is 1. The second kappa shape index (κ2) is 12.1. The van der Waals surface area contributed by atoms with Crippen LogP contribution in [0.2, 0.25) is 0 Å². The second-order valence-corrected chi connectivity index (χ2v) is 6.54. The van der Waals surface area contributed by atoms with Gasteiger partial charge in [-0.05, 0) is 37.8 Å². The fourth-order valence-corrected chi connectivity index (χ4v) is 3.12. The summed E-state index contributed by atoms with van der Waals surface area (Å²) in [7, 11) is 2.07. The van der Waals surface area contributed by atoms with Crippen LogP contribution < -0.4 is 10.2 Å². The number of benzene rings is 1. The van der Waals surface area contributed by atoms with Gasteiger partial charge in [0.25, 0.3) is 0 Å². The molecule has 0 aliphatic carbocycles. The summed E-state index contributed by atoms with van der Waals surface area (Å²) < 4.78 is 0. The fraction of sp³-hybridized carbons (Fsp3) is 0.600. The summed E-state index contributed by atoms with van der Waals surface area (Å²) in [6.45, 7) is 7.63. The first-order chi connectivity index (χ1) is 12.2. The number of unbranched alkanes of at least 4 members (excludes halogenated alkanes) is 1. The third-order valence-corrected chi connectivity index (χ3v) is 4.54. The van der Waals surface area contributed by atoms with Crippen molar-refractivity contribution in [3.05, 3.63) is 29.8 Å². The van der Waals surface area contributed by atoms with E-state index in [1.807, 2.05) is 23.1 Å². The van der Waals surface area contributed by atoms with E-state index in [0.29, 0.717) is 13.0 Å². The molecule has 0 atom stereocenters. The van der Waals surface area contributed by atoms with Crippen molar-refractivity contribution in [2.24, 2.45) is 4.99 Å². The zero-order chi connectivity index (χ0) is 18.1. The van der Waals surface area contributed by atoms with E-state index in [-0.39, 0.29) is 29.9 Å². The molecule has 0 aromatic heterocycles. The molecule has 1 N–H and O–H groups in total. The van der Waals surface area contributed by atoms with E-state index < -0.39 is 0 Å². The Morgan fingerprint density at radius 2 is 2.04 bits per heavy atom. The third-order valence-electron chi connectivity index (χ3n) is 4.54. The van der Waals surface area contributed by atoms with Gasteiger partial charge in [-0.2, -0.15) is 0 Å². The van der Waals surface area contributed by atoms with Crippen LogP contribution in [0, 0.1) is 0 Å². The molecule has 1 heterocycles. The summed E-state index contributed by atoms with van der Waals surface area (Å²) in [6, 6.07) is 8.20. The zero-order valence-electron chi connectivity index (χ0n) is 16.3. The number of fused-ring (bicyclic) bond motifs is 1. The van der Waals surface area contributed by atoms with Crippen LogP contribution in [0.4, 0.5) is 5.69 Å². The Hall–Kier alpha value is -1.31. The first kappa shape index (κ1) is 22.7.